The Morgan fingerprint density at radius 3 is 2.17 bits per heavy atom. The third-order valence-electron chi connectivity index (χ3n) is 3.34. The molecule has 0 saturated carbocycles. The van der Waals surface area contributed by atoms with Crippen LogP contribution in [0.2, 0.25) is 0 Å². The second kappa shape index (κ2) is 4.93. The minimum atomic E-state index is 0.0516. The van der Waals surface area contributed by atoms with E-state index in [4.69, 9.17) is 0 Å². The number of rotatable bonds is 3. The summed E-state index contributed by atoms with van der Waals surface area (Å²) in [7, 11) is 0. The van der Waals surface area contributed by atoms with Crippen molar-refractivity contribution in [3.63, 3.8) is 0 Å². The fraction of sp³-hybridized carbons (Fsp3) is 0.353. The fourth-order valence-electron chi connectivity index (χ4n) is 2.11. The topological polar surface area (TPSA) is 17.1 Å². The summed E-state index contributed by atoms with van der Waals surface area (Å²) in [5.41, 5.74) is 2.13. The highest BCUT2D eigenvalue weighted by Crippen LogP contribution is 2.23. The van der Waals surface area contributed by atoms with E-state index in [0.717, 1.165) is 10.9 Å². The second-order valence-corrected chi connectivity index (χ2v) is 5.50. The Morgan fingerprint density at radius 2 is 1.56 bits per heavy atom. The van der Waals surface area contributed by atoms with Crippen molar-refractivity contribution in [3.05, 3.63) is 47.5 Å². The highest BCUT2D eigenvalue weighted by atomic mass is 16.1. The van der Waals surface area contributed by atoms with E-state index < -0.39 is 0 Å². The van der Waals surface area contributed by atoms with E-state index in [1.54, 1.807) is 0 Å². The Bertz CT molecular complexity index is 579. The Morgan fingerprint density at radius 1 is 0.889 bits per heavy atom. The molecule has 0 saturated heterocycles. The molecule has 0 bridgehead atoms. The van der Waals surface area contributed by atoms with Gasteiger partial charge < -0.3 is 0 Å². The van der Waals surface area contributed by atoms with Crippen molar-refractivity contribution in [1.29, 1.82) is 0 Å². The number of Topliss-reactive ketones (excluding diaryl/α,β-unsaturated/α-hetero) is 1. The van der Waals surface area contributed by atoms with Crippen LogP contribution in [0.4, 0.5) is 0 Å². The highest BCUT2D eigenvalue weighted by Gasteiger charge is 2.11. The number of fused-ring (bicyclic) bond motifs is 1. The van der Waals surface area contributed by atoms with Gasteiger partial charge in [-0.25, -0.2) is 0 Å². The Kier molecular flexibility index (Phi) is 3.51. The van der Waals surface area contributed by atoms with Crippen LogP contribution in [0.15, 0.2) is 36.4 Å². The summed E-state index contributed by atoms with van der Waals surface area (Å²) in [5, 5.41) is 2.35. The largest absolute Gasteiger partial charge is 0.294 e. The summed E-state index contributed by atoms with van der Waals surface area (Å²) in [5.74, 6) is 0.779. The van der Waals surface area contributed by atoms with Crippen molar-refractivity contribution < 1.29 is 4.79 Å². The predicted octanol–water partition coefficient (Wildman–Crippen LogP) is 4.80. The number of hydrogen-bond donors (Lipinski definition) is 0. The molecule has 0 spiro atoms. The molecule has 2 aromatic carbocycles. The lowest BCUT2D eigenvalue weighted by Gasteiger charge is -2.09. The number of carbonyl (C=O) groups excluding carboxylic acids is 1. The molecule has 0 N–H and O–H groups in total. The standard InChI is InChI=1S/C17H20O/c1-11(2)14-7-5-13-6-8-15(10-16(13)9-14)17(18)12(3)4/h5-12H,1-4H3. The summed E-state index contributed by atoms with van der Waals surface area (Å²) < 4.78 is 0. The summed E-state index contributed by atoms with van der Waals surface area (Å²) >= 11 is 0. The maximum atomic E-state index is 12.0. The highest BCUT2D eigenvalue weighted by molar-refractivity contribution is 6.01. The molecule has 1 nitrogen and oxygen atoms in total. The zero-order chi connectivity index (χ0) is 13.3. The molecular weight excluding hydrogens is 220 g/mol. The van der Waals surface area contributed by atoms with E-state index in [2.05, 4.69) is 32.0 Å². The van der Waals surface area contributed by atoms with Gasteiger partial charge in [-0.1, -0.05) is 58.0 Å². The predicted molar refractivity (Wildman–Crippen MR) is 77.2 cm³/mol. The average molecular weight is 240 g/mol. The maximum absolute atomic E-state index is 12.0. The lowest BCUT2D eigenvalue weighted by molar-refractivity contribution is 0.0939. The van der Waals surface area contributed by atoms with Crippen molar-refractivity contribution in [2.75, 3.05) is 0 Å². The van der Waals surface area contributed by atoms with Gasteiger partial charge in [-0.05, 0) is 28.3 Å². The molecule has 0 heterocycles. The average Bonchev–Trinajstić information content (AvgIpc) is 2.36. The fourth-order valence-corrected chi connectivity index (χ4v) is 2.11. The number of ketones is 1. The van der Waals surface area contributed by atoms with Crippen LogP contribution in [0.1, 0.15) is 49.5 Å². The third kappa shape index (κ3) is 2.45. The molecule has 2 aromatic rings. The Labute approximate surface area is 109 Å². The van der Waals surface area contributed by atoms with Crippen molar-refractivity contribution in [1.82, 2.24) is 0 Å². The first-order valence-electron chi connectivity index (χ1n) is 6.57. The molecule has 94 valence electrons. The van der Waals surface area contributed by atoms with Gasteiger partial charge in [0.2, 0.25) is 0 Å². The quantitative estimate of drug-likeness (QED) is 0.704. The van der Waals surface area contributed by atoms with Gasteiger partial charge >= 0.3 is 0 Å². The van der Waals surface area contributed by atoms with Crippen LogP contribution in [-0.4, -0.2) is 5.78 Å². The summed E-state index contributed by atoms with van der Waals surface area (Å²) in [6.07, 6.45) is 0. The zero-order valence-electron chi connectivity index (χ0n) is 11.5. The molecule has 0 aliphatic carbocycles. The van der Waals surface area contributed by atoms with Gasteiger partial charge in [0.25, 0.3) is 0 Å². The van der Waals surface area contributed by atoms with E-state index in [0.29, 0.717) is 5.92 Å². The van der Waals surface area contributed by atoms with Crippen molar-refractivity contribution in [2.24, 2.45) is 5.92 Å². The van der Waals surface area contributed by atoms with E-state index in [-0.39, 0.29) is 11.7 Å². The first kappa shape index (κ1) is 12.8. The van der Waals surface area contributed by atoms with Gasteiger partial charge in [0.15, 0.2) is 5.78 Å². The molecule has 1 heteroatoms. The molecule has 2 rings (SSSR count). The van der Waals surface area contributed by atoms with E-state index in [1.165, 1.54) is 10.9 Å². The summed E-state index contributed by atoms with van der Waals surface area (Å²) in [4.78, 5) is 12.0. The molecule has 0 aromatic heterocycles. The molecule has 0 radical (unpaired) electrons. The molecule has 0 aliphatic rings. The molecular formula is C17H20O. The smallest absolute Gasteiger partial charge is 0.165 e. The minimum Gasteiger partial charge on any atom is -0.294 e. The second-order valence-electron chi connectivity index (χ2n) is 5.50. The lowest BCUT2D eigenvalue weighted by atomic mass is 9.95. The maximum Gasteiger partial charge on any atom is 0.165 e. The Hall–Kier alpha value is -1.63. The van der Waals surface area contributed by atoms with Gasteiger partial charge in [-0.2, -0.15) is 0 Å². The van der Waals surface area contributed by atoms with Gasteiger partial charge in [0.1, 0.15) is 0 Å². The van der Waals surface area contributed by atoms with Crippen molar-refractivity contribution >= 4 is 16.6 Å². The van der Waals surface area contributed by atoms with Crippen molar-refractivity contribution in [3.8, 4) is 0 Å². The minimum absolute atomic E-state index is 0.0516. The molecule has 0 amide bonds. The third-order valence-corrected chi connectivity index (χ3v) is 3.34. The monoisotopic (exact) mass is 240 g/mol. The van der Waals surface area contributed by atoms with Gasteiger partial charge in [0, 0.05) is 11.5 Å². The zero-order valence-corrected chi connectivity index (χ0v) is 11.5. The van der Waals surface area contributed by atoms with Crippen LogP contribution >= 0.6 is 0 Å². The number of benzene rings is 2. The van der Waals surface area contributed by atoms with Crippen LogP contribution in [-0.2, 0) is 0 Å². The molecule has 0 unspecified atom stereocenters. The van der Waals surface area contributed by atoms with E-state index >= 15 is 0 Å². The van der Waals surface area contributed by atoms with Crippen LogP contribution in [0.25, 0.3) is 10.8 Å². The van der Waals surface area contributed by atoms with Gasteiger partial charge in [-0.15, -0.1) is 0 Å². The van der Waals surface area contributed by atoms with Crippen LogP contribution in [0.3, 0.4) is 0 Å². The number of hydrogen-bond acceptors (Lipinski definition) is 1. The lowest BCUT2D eigenvalue weighted by Crippen LogP contribution is -2.07. The molecule has 18 heavy (non-hydrogen) atoms. The number of carbonyl (C=O) groups is 1. The van der Waals surface area contributed by atoms with Crippen LogP contribution in [0.5, 0.6) is 0 Å². The normalized spacial score (nSPS) is 11.4. The SMILES string of the molecule is CC(C)C(=O)c1ccc2ccc(C(C)C)cc2c1. The summed E-state index contributed by atoms with van der Waals surface area (Å²) in [6, 6.07) is 12.5. The Balaban J connectivity index is 2.52. The molecule has 0 fully saturated rings. The van der Waals surface area contributed by atoms with Gasteiger partial charge in [-0.3, -0.25) is 4.79 Å². The summed E-state index contributed by atoms with van der Waals surface area (Å²) in [6.45, 7) is 8.25. The first-order valence-corrected chi connectivity index (χ1v) is 6.57. The molecule has 0 aliphatic heterocycles. The van der Waals surface area contributed by atoms with Crippen molar-refractivity contribution in [2.45, 2.75) is 33.6 Å². The molecule has 0 atom stereocenters. The van der Waals surface area contributed by atoms with E-state index in [1.807, 2.05) is 32.0 Å². The van der Waals surface area contributed by atoms with Crippen LogP contribution < -0.4 is 0 Å². The van der Waals surface area contributed by atoms with Crippen LogP contribution in [0, 0.1) is 5.92 Å². The van der Waals surface area contributed by atoms with E-state index in [9.17, 15) is 4.79 Å². The first-order chi connectivity index (χ1) is 8.49. The van der Waals surface area contributed by atoms with Gasteiger partial charge in [0.05, 0.1) is 0 Å².